The fourth-order valence-corrected chi connectivity index (χ4v) is 8.26. The van der Waals surface area contributed by atoms with E-state index in [4.69, 9.17) is 21.7 Å². The third kappa shape index (κ3) is 7.74. The fourth-order valence-electron chi connectivity index (χ4n) is 6.50. The van der Waals surface area contributed by atoms with E-state index in [0.29, 0.717) is 27.7 Å². The number of aromatic nitrogens is 1. The van der Waals surface area contributed by atoms with Gasteiger partial charge in [-0.25, -0.2) is 10.2 Å². The monoisotopic (exact) mass is 724 g/mol. The van der Waals surface area contributed by atoms with Crippen molar-refractivity contribution in [1.82, 2.24) is 20.6 Å². The molecule has 0 saturated carbocycles. The quantitative estimate of drug-likeness (QED) is 0.0625. The second-order valence-corrected chi connectivity index (χ2v) is 13.8. The Labute approximate surface area is 306 Å². The molecule has 0 bridgehead atoms. The Kier molecular flexibility index (Phi) is 11.0. The van der Waals surface area contributed by atoms with Crippen molar-refractivity contribution >= 4 is 58.4 Å². The van der Waals surface area contributed by atoms with Gasteiger partial charge in [-0.3, -0.25) is 9.59 Å². The number of fused-ring (bicyclic) bond motifs is 1. The standard InChI is InChI=1S/C38H40N6O5S2/c1-5-48-37(47)32-23(3)40-38(50)42-34(32)27-15-9-11-17-29(27)49-21-31(45)43-39-20-25-19-22(2)44(24(25)4)36-33(28-16-10-12-18-30(28)51-36)35(46)41-26-13-7-6-8-14-26/h6-9,11,13-15,17,19-20,34H,5,10,12,16,18,21H2,1-4H3,(H,41,46)(H,43,45)(H2,40,42,50)/t34-/m0/s1. The first-order valence-electron chi connectivity index (χ1n) is 16.9. The summed E-state index contributed by atoms with van der Waals surface area (Å²) in [6, 6.07) is 18.0. The summed E-state index contributed by atoms with van der Waals surface area (Å²) in [5, 5.41) is 14.7. The van der Waals surface area contributed by atoms with Gasteiger partial charge in [0.05, 0.1) is 30.0 Å². The molecular weight excluding hydrogens is 685 g/mol. The number of allylic oxidation sites excluding steroid dienone is 1. The zero-order chi connectivity index (χ0) is 36.1. The number of hydrogen-bond donors (Lipinski definition) is 4. The normalized spacial score (nSPS) is 15.5. The number of benzene rings is 2. The fraction of sp³-hybridized carbons (Fsp3) is 0.289. The largest absolute Gasteiger partial charge is 0.483 e. The molecular formula is C38H40N6O5S2. The van der Waals surface area contributed by atoms with Crippen LogP contribution in [0.3, 0.4) is 0 Å². The number of para-hydroxylation sites is 2. The number of esters is 1. The van der Waals surface area contributed by atoms with E-state index >= 15 is 0 Å². The summed E-state index contributed by atoms with van der Waals surface area (Å²) in [4.78, 5) is 40.8. The van der Waals surface area contributed by atoms with Crippen LogP contribution in [0.1, 0.15) is 76.0 Å². The average molecular weight is 725 g/mol. The lowest BCUT2D eigenvalue weighted by atomic mass is 9.95. The summed E-state index contributed by atoms with van der Waals surface area (Å²) in [5.41, 5.74) is 9.39. The summed E-state index contributed by atoms with van der Waals surface area (Å²) in [6.07, 6.45) is 5.60. The van der Waals surface area contributed by atoms with Gasteiger partial charge >= 0.3 is 5.97 Å². The second kappa shape index (κ2) is 15.7. The molecule has 11 nitrogen and oxygen atoms in total. The molecule has 13 heteroatoms. The second-order valence-electron chi connectivity index (χ2n) is 12.3. The van der Waals surface area contributed by atoms with Gasteiger partial charge in [0.25, 0.3) is 11.8 Å². The predicted octanol–water partition coefficient (Wildman–Crippen LogP) is 6.17. The van der Waals surface area contributed by atoms with E-state index in [0.717, 1.165) is 64.4 Å². The zero-order valence-corrected chi connectivity index (χ0v) is 30.6. The number of carbonyl (C=O) groups is 3. The number of amides is 2. The first kappa shape index (κ1) is 35.6. The Bertz CT molecular complexity index is 2050. The van der Waals surface area contributed by atoms with Gasteiger partial charge in [-0.15, -0.1) is 11.3 Å². The number of thiocarbonyl (C=S) groups is 1. The Morgan fingerprint density at radius 1 is 1.06 bits per heavy atom. The zero-order valence-electron chi connectivity index (χ0n) is 28.9. The maximum Gasteiger partial charge on any atom is 0.338 e. The number of nitrogens with one attached hydrogen (secondary N) is 4. The highest BCUT2D eigenvalue weighted by Gasteiger charge is 2.33. The van der Waals surface area contributed by atoms with E-state index in [1.807, 2.05) is 56.3 Å². The van der Waals surface area contributed by atoms with Gasteiger partial charge in [0, 0.05) is 38.8 Å². The first-order valence-corrected chi connectivity index (χ1v) is 18.1. The van der Waals surface area contributed by atoms with Crippen molar-refractivity contribution in [2.75, 3.05) is 18.5 Å². The number of aryl methyl sites for hydroxylation is 2. The third-order valence-corrected chi connectivity index (χ3v) is 10.3. The topological polar surface area (TPSA) is 135 Å². The number of hydrazone groups is 1. The molecule has 0 spiro atoms. The molecule has 264 valence electrons. The number of anilines is 1. The lowest BCUT2D eigenvalue weighted by Gasteiger charge is -2.30. The molecule has 6 rings (SSSR count). The SMILES string of the molecule is CCOC(=O)C1=C(C)NC(=S)N[C@H]1c1ccccc1OCC(=O)NN=Cc1cc(C)n(-c2sc3c(c2C(=O)Nc2ccccc2)CCCC3)c1C. The molecule has 0 saturated heterocycles. The minimum Gasteiger partial charge on any atom is -0.483 e. The maximum atomic E-state index is 13.8. The van der Waals surface area contributed by atoms with Crippen molar-refractivity contribution in [3.05, 3.63) is 110 Å². The Balaban J connectivity index is 1.17. The summed E-state index contributed by atoms with van der Waals surface area (Å²) in [6.45, 7) is 7.38. The predicted molar refractivity (Wildman–Crippen MR) is 203 cm³/mol. The lowest BCUT2D eigenvalue weighted by molar-refractivity contribution is -0.139. The molecule has 4 aromatic rings. The van der Waals surface area contributed by atoms with E-state index in [1.165, 1.54) is 4.88 Å². The Morgan fingerprint density at radius 2 is 1.80 bits per heavy atom. The van der Waals surface area contributed by atoms with Crippen LogP contribution in [-0.2, 0) is 27.2 Å². The van der Waals surface area contributed by atoms with Gasteiger partial charge in [0.2, 0.25) is 0 Å². The van der Waals surface area contributed by atoms with Crippen LogP contribution in [0.4, 0.5) is 5.69 Å². The van der Waals surface area contributed by atoms with E-state index in [1.54, 1.807) is 49.6 Å². The van der Waals surface area contributed by atoms with Crippen LogP contribution in [0.2, 0.25) is 0 Å². The number of thiophene rings is 1. The Hall–Kier alpha value is -5.27. The van der Waals surface area contributed by atoms with Crippen LogP contribution in [0.15, 0.2) is 77.0 Å². The Morgan fingerprint density at radius 3 is 2.59 bits per heavy atom. The molecule has 1 aliphatic carbocycles. The van der Waals surface area contributed by atoms with Gasteiger partial charge < -0.3 is 30.0 Å². The highest BCUT2D eigenvalue weighted by Crippen LogP contribution is 2.39. The van der Waals surface area contributed by atoms with Crippen LogP contribution < -0.4 is 26.1 Å². The third-order valence-electron chi connectivity index (χ3n) is 8.83. The maximum absolute atomic E-state index is 13.8. The highest BCUT2D eigenvalue weighted by molar-refractivity contribution is 7.80. The molecule has 2 aromatic carbocycles. The molecule has 2 amide bonds. The van der Waals surface area contributed by atoms with Crippen LogP contribution in [0.5, 0.6) is 5.75 Å². The van der Waals surface area contributed by atoms with Crippen molar-refractivity contribution in [3.63, 3.8) is 0 Å². The molecule has 51 heavy (non-hydrogen) atoms. The highest BCUT2D eigenvalue weighted by atomic mass is 32.1. The van der Waals surface area contributed by atoms with Gasteiger partial charge in [0.1, 0.15) is 10.8 Å². The van der Waals surface area contributed by atoms with E-state index in [-0.39, 0.29) is 19.1 Å². The van der Waals surface area contributed by atoms with Crippen molar-refractivity contribution in [3.8, 4) is 10.8 Å². The molecule has 3 heterocycles. The summed E-state index contributed by atoms with van der Waals surface area (Å²) in [7, 11) is 0. The number of rotatable bonds is 11. The molecule has 2 aliphatic rings. The van der Waals surface area contributed by atoms with Gasteiger partial charge in [-0.05, 0) is 95.4 Å². The molecule has 0 radical (unpaired) electrons. The van der Waals surface area contributed by atoms with Crippen molar-refractivity contribution < 1.29 is 23.9 Å². The average Bonchev–Trinajstić information content (AvgIpc) is 3.63. The number of hydrogen-bond acceptors (Lipinski definition) is 8. The van der Waals surface area contributed by atoms with E-state index < -0.39 is 17.9 Å². The first-order chi connectivity index (χ1) is 24.7. The molecule has 0 fully saturated rings. The van der Waals surface area contributed by atoms with Crippen LogP contribution in [0, 0.1) is 13.8 Å². The smallest absolute Gasteiger partial charge is 0.338 e. The number of nitrogens with zero attached hydrogens (tertiary/aromatic N) is 2. The van der Waals surface area contributed by atoms with E-state index in [9.17, 15) is 14.4 Å². The summed E-state index contributed by atoms with van der Waals surface area (Å²) in [5.74, 6) is -0.655. The molecule has 1 atom stereocenters. The molecule has 4 N–H and O–H groups in total. The summed E-state index contributed by atoms with van der Waals surface area (Å²) < 4.78 is 13.3. The molecule has 1 aliphatic heterocycles. The van der Waals surface area contributed by atoms with Crippen LogP contribution in [0.25, 0.3) is 5.00 Å². The molecule has 0 unspecified atom stereocenters. The minimum atomic E-state index is -0.635. The lowest BCUT2D eigenvalue weighted by Crippen LogP contribution is -2.45. The van der Waals surface area contributed by atoms with Crippen molar-refractivity contribution in [2.24, 2.45) is 5.10 Å². The van der Waals surface area contributed by atoms with Crippen molar-refractivity contribution in [2.45, 2.75) is 59.4 Å². The van der Waals surface area contributed by atoms with Crippen LogP contribution in [-0.4, -0.2) is 46.9 Å². The minimum absolute atomic E-state index is 0.117. The van der Waals surface area contributed by atoms with Gasteiger partial charge in [-0.1, -0.05) is 36.4 Å². The van der Waals surface area contributed by atoms with E-state index in [2.05, 4.69) is 31.0 Å². The number of ether oxygens (including phenoxy) is 2. The van der Waals surface area contributed by atoms with Crippen molar-refractivity contribution in [1.29, 1.82) is 0 Å². The van der Waals surface area contributed by atoms with Crippen LogP contribution >= 0.6 is 23.6 Å². The molecule has 2 aromatic heterocycles. The van der Waals surface area contributed by atoms with Gasteiger partial charge in [0.15, 0.2) is 11.7 Å². The summed E-state index contributed by atoms with van der Waals surface area (Å²) >= 11 is 7.03. The van der Waals surface area contributed by atoms with Gasteiger partial charge in [-0.2, -0.15) is 5.10 Å². The number of carbonyl (C=O) groups excluding carboxylic acids is 3.